The molecule has 0 radical (unpaired) electrons. The SMILES string of the molecule is CCNC(=NCc1cn(C)nc1C(F)(F)F)NC1CCN(S(=O)(=O)CC)CC1.I. The fourth-order valence-corrected chi connectivity index (χ4v) is 4.16. The van der Waals surface area contributed by atoms with Crippen LogP contribution in [-0.2, 0) is 29.8 Å². The molecule has 1 aliphatic rings. The number of aromatic nitrogens is 2. The maximum absolute atomic E-state index is 13.1. The zero-order chi connectivity index (χ0) is 20.9. The largest absolute Gasteiger partial charge is 0.435 e. The van der Waals surface area contributed by atoms with E-state index in [0.717, 1.165) is 4.68 Å². The standard InChI is InChI=1S/C16H27F3N6O2S.HI/c1-4-20-15(21-10-12-11-24(3)23-14(12)16(17,18)19)22-13-6-8-25(9-7-13)28(26,27)5-2;/h11,13H,4-10H2,1-3H3,(H2,20,21,22);1H. The van der Waals surface area contributed by atoms with Gasteiger partial charge in [-0.3, -0.25) is 4.68 Å². The van der Waals surface area contributed by atoms with Crippen LogP contribution in [0.4, 0.5) is 13.2 Å². The number of nitrogens with one attached hydrogen (secondary N) is 2. The van der Waals surface area contributed by atoms with Crippen LogP contribution in [0.2, 0.25) is 0 Å². The van der Waals surface area contributed by atoms with Crippen LogP contribution in [0.5, 0.6) is 0 Å². The molecule has 0 atom stereocenters. The third kappa shape index (κ3) is 7.27. The molecular weight excluding hydrogens is 524 g/mol. The van der Waals surface area contributed by atoms with Crippen molar-refractivity contribution in [3.8, 4) is 0 Å². The normalized spacial score (nSPS) is 17.1. The molecule has 2 N–H and O–H groups in total. The quantitative estimate of drug-likeness (QED) is 0.320. The molecule has 2 rings (SSSR count). The first-order chi connectivity index (χ1) is 13.1. The number of guanidine groups is 1. The van der Waals surface area contributed by atoms with E-state index in [1.807, 2.05) is 6.92 Å². The van der Waals surface area contributed by atoms with E-state index in [-0.39, 0.29) is 47.9 Å². The third-order valence-electron chi connectivity index (χ3n) is 4.48. The predicted molar refractivity (Wildman–Crippen MR) is 116 cm³/mol. The average Bonchev–Trinajstić information content (AvgIpc) is 3.01. The molecule has 2 heterocycles. The molecule has 0 aromatic carbocycles. The maximum atomic E-state index is 13.1. The van der Waals surface area contributed by atoms with E-state index in [4.69, 9.17) is 0 Å². The molecule has 0 spiro atoms. The van der Waals surface area contributed by atoms with E-state index in [9.17, 15) is 21.6 Å². The number of hydrogen-bond donors (Lipinski definition) is 2. The van der Waals surface area contributed by atoms with Gasteiger partial charge in [0.25, 0.3) is 0 Å². The average molecular weight is 552 g/mol. The number of sulfonamides is 1. The van der Waals surface area contributed by atoms with Crippen molar-refractivity contribution in [2.45, 2.75) is 45.5 Å². The van der Waals surface area contributed by atoms with Gasteiger partial charge in [-0.25, -0.2) is 17.7 Å². The molecule has 1 aromatic heterocycles. The Kier molecular flexibility index (Phi) is 9.66. The van der Waals surface area contributed by atoms with Gasteiger partial charge in [0.05, 0.1) is 12.3 Å². The van der Waals surface area contributed by atoms with Crippen LogP contribution >= 0.6 is 24.0 Å². The number of aryl methyl sites for hydroxylation is 1. The fourth-order valence-electron chi connectivity index (χ4n) is 3.03. The Morgan fingerprint density at radius 3 is 2.45 bits per heavy atom. The van der Waals surface area contributed by atoms with Crippen LogP contribution in [0.25, 0.3) is 0 Å². The van der Waals surface area contributed by atoms with Crippen molar-refractivity contribution >= 4 is 40.0 Å². The summed E-state index contributed by atoms with van der Waals surface area (Å²) in [6, 6.07) is -0.00269. The molecule has 168 valence electrons. The lowest BCUT2D eigenvalue weighted by Crippen LogP contribution is -2.50. The second-order valence-corrected chi connectivity index (χ2v) is 8.85. The minimum absolute atomic E-state index is 0. The van der Waals surface area contributed by atoms with Crippen LogP contribution in [0.3, 0.4) is 0 Å². The van der Waals surface area contributed by atoms with Crippen LogP contribution < -0.4 is 10.6 Å². The van der Waals surface area contributed by atoms with Gasteiger partial charge in [-0.1, -0.05) is 0 Å². The monoisotopic (exact) mass is 552 g/mol. The summed E-state index contributed by atoms with van der Waals surface area (Å²) >= 11 is 0. The van der Waals surface area contributed by atoms with Gasteiger partial charge in [-0.15, -0.1) is 24.0 Å². The van der Waals surface area contributed by atoms with Gasteiger partial charge in [-0.2, -0.15) is 18.3 Å². The van der Waals surface area contributed by atoms with E-state index in [1.165, 1.54) is 17.5 Å². The van der Waals surface area contributed by atoms with Gasteiger partial charge in [0.2, 0.25) is 10.0 Å². The molecule has 29 heavy (non-hydrogen) atoms. The number of hydrogen-bond acceptors (Lipinski definition) is 4. The molecule has 1 aromatic rings. The van der Waals surface area contributed by atoms with Crippen LogP contribution in [-0.4, -0.2) is 59.9 Å². The topological polar surface area (TPSA) is 91.6 Å². The van der Waals surface area contributed by atoms with E-state index >= 15 is 0 Å². The molecule has 8 nitrogen and oxygen atoms in total. The fraction of sp³-hybridized carbons (Fsp3) is 0.750. The molecule has 1 aliphatic heterocycles. The Hall–Kier alpha value is -1.09. The molecule has 0 saturated carbocycles. The van der Waals surface area contributed by atoms with Gasteiger partial charge in [0.1, 0.15) is 0 Å². The summed E-state index contributed by atoms with van der Waals surface area (Å²) in [4.78, 5) is 4.26. The molecule has 0 aliphatic carbocycles. The lowest BCUT2D eigenvalue weighted by Gasteiger charge is -2.32. The van der Waals surface area contributed by atoms with Gasteiger partial charge in [0.15, 0.2) is 11.7 Å². The molecule has 0 bridgehead atoms. The third-order valence-corrected chi connectivity index (χ3v) is 6.36. The maximum Gasteiger partial charge on any atom is 0.435 e. The van der Waals surface area contributed by atoms with Crippen molar-refractivity contribution in [3.05, 3.63) is 17.5 Å². The lowest BCUT2D eigenvalue weighted by molar-refractivity contribution is -0.142. The molecule has 0 unspecified atom stereocenters. The Labute approximate surface area is 186 Å². The molecule has 1 saturated heterocycles. The summed E-state index contributed by atoms with van der Waals surface area (Å²) in [5.74, 6) is 0.471. The molecule has 13 heteroatoms. The van der Waals surface area contributed by atoms with E-state index in [1.54, 1.807) is 6.92 Å². The zero-order valence-electron chi connectivity index (χ0n) is 16.7. The summed E-state index contributed by atoms with van der Waals surface area (Å²) in [6.45, 7) is 4.68. The number of halogens is 4. The summed E-state index contributed by atoms with van der Waals surface area (Å²) in [7, 11) is -1.77. The lowest BCUT2D eigenvalue weighted by atomic mass is 10.1. The smallest absolute Gasteiger partial charge is 0.357 e. The zero-order valence-corrected chi connectivity index (χ0v) is 19.8. The van der Waals surface area contributed by atoms with Crippen LogP contribution in [0.1, 0.15) is 37.9 Å². The van der Waals surface area contributed by atoms with Gasteiger partial charge < -0.3 is 10.6 Å². The van der Waals surface area contributed by atoms with Gasteiger partial charge >= 0.3 is 6.18 Å². The molecule has 1 fully saturated rings. The minimum atomic E-state index is -4.53. The Bertz CT molecular complexity index is 789. The Morgan fingerprint density at radius 2 is 1.93 bits per heavy atom. The first-order valence-electron chi connectivity index (χ1n) is 9.19. The molecular formula is C16H28F3IN6O2S. The number of rotatable bonds is 6. The van der Waals surface area contributed by atoms with E-state index < -0.39 is 21.9 Å². The second-order valence-electron chi connectivity index (χ2n) is 6.59. The Balaban J connectivity index is 0.00000420. The second kappa shape index (κ2) is 10.8. The first kappa shape index (κ1) is 25.9. The van der Waals surface area contributed by atoms with Gasteiger partial charge in [-0.05, 0) is 26.7 Å². The summed E-state index contributed by atoms with van der Waals surface area (Å²) in [6.07, 6.45) is -2.02. The number of alkyl halides is 3. The molecule has 0 amide bonds. The predicted octanol–water partition coefficient (Wildman–Crippen LogP) is 1.93. The van der Waals surface area contributed by atoms with Crippen molar-refractivity contribution in [3.63, 3.8) is 0 Å². The number of nitrogens with zero attached hydrogens (tertiary/aromatic N) is 4. The number of aliphatic imine (C=N–C) groups is 1. The minimum Gasteiger partial charge on any atom is -0.357 e. The van der Waals surface area contributed by atoms with E-state index in [0.29, 0.717) is 38.4 Å². The highest BCUT2D eigenvalue weighted by atomic mass is 127. The first-order valence-corrected chi connectivity index (χ1v) is 10.8. The van der Waals surface area contributed by atoms with Crippen molar-refractivity contribution in [1.82, 2.24) is 24.7 Å². The van der Waals surface area contributed by atoms with E-state index in [2.05, 4.69) is 20.7 Å². The number of piperidine rings is 1. The Morgan fingerprint density at radius 1 is 1.31 bits per heavy atom. The van der Waals surface area contributed by atoms with Gasteiger partial charge in [0, 0.05) is 44.5 Å². The van der Waals surface area contributed by atoms with Crippen molar-refractivity contribution in [2.24, 2.45) is 12.0 Å². The summed E-state index contributed by atoms with van der Waals surface area (Å²) in [5.41, 5.74) is -0.941. The highest BCUT2D eigenvalue weighted by Gasteiger charge is 2.36. The summed E-state index contributed by atoms with van der Waals surface area (Å²) < 4.78 is 65.6. The van der Waals surface area contributed by atoms with Crippen molar-refractivity contribution in [1.29, 1.82) is 0 Å². The van der Waals surface area contributed by atoms with Crippen LogP contribution in [0, 0.1) is 0 Å². The summed E-state index contributed by atoms with van der Waals surface area (Å²) in [5, 5.41) is 9.69. The van der Waals surface area contributed by atoms with Crippen molar-refractivity contribution < 1.29 is 21.6 Å². The highest BCUT2D eigenvalue weighted by Crippen LogP contribution is 2.30. The van der Waals surface area contributed by atoms with Crippen molar-refractivity contribution in [2.75, 3.05) is 25.4 Å². The highest BCUT2D eigenvalue weighted by molar-refractivity contribution is 14.0. The van der Waals surface area contributed by atoms with Crippen LogP contribution in [0.15, 0.2) is 11.2 Å².